The van der Waals surface area contributed by atoms with Crippen LogP contribution in [0.5, 0.6) is 28.7 Å². The van der Waals surface area contributed by atoms with Crippen molar-refractivity contribution in [1.82, 2.24) is 42.3 Å². The first-order valence-electron chi connectivity index (χ1n) is 32.1. The number of imide groups is 2. The van der Waals surface area contributed by atoms with E-state index >= 15 is 0 Å². The molecular formula is C68H75N9O22. The molecule has 5 aromatic rings. The molecule has 4 aliphatic rings. The van der Waals surface area contributed by atoms with Crippen molar-refractivity contribution in [3.63, 3.8) is 0 Å². The highest BCUT2D eigenvalue weighted by molar-refractivity contribution is 6.24. The number of esters is 1. The highest BCUT2D eigenvalue weighted by atomic mass is 16.6. The fraction of sp³-hybridized carbons (Fsp3) is 0.382. The number of unbranched alkanes of at least 4 members (excludes halogenated alkanes) is 4. The van der Waals surface area contributed by atoms with Gasteiger partial charge in [0.2, 0.25) is 35.4 Å². The molecule has 2 atom stereocenters. The van der Waals surface area contributed by atoms with Gasteiger partial charge in [0.1, 0.15) is 54.0 Å². The second-order valence-electron chi connectivity index (χ2n) is 23.1. The number of piperidine rings is 1. The Hall–Kier alpha value is -10.9. The van der Waals surface area contributed by atoms with E-state index in [4.69, 9.17) is 38.4 Å². The number of benzene rings is 5. The lowest BCUT2D eigenvalue weighted by molar-refractivity contribution is -0.136. The maximum absolute atomic E-state index is 13.7. The van der Waals surface area contributed by atoms with Gasteiger partial charge in [0.25, 0.3) is 29.5 Å². The van der Waals surface area contributed by atoms with E-state index < -0.39 is 95.9 Å². The number of anilines is 1. The number of carbonyl (C=O) groups is 12. The summed E-state index contributed by atoms with van der Waals surface area (Å²) in [5, 5.41) is 47.6. The number of amides is 11. The van der Waals surface area contributed by atoms with E-state index in [1.165, 1.54) is 48.5 Å². The van der Waals surface area contributed by atoms with Gasteiger partial charge in [-0.15, -0.1) is 0 Å². The Morgan fingerprint density at radius 2 is 1.20 bits per heavy atom. The summed E-state index contributed by atoms with van der Waals surface area (Å²) in [6, 6.07) is 21.7. The van der Waals surface area contributed by atoms with Crippen molar-refractivity contribution in [3.05, 3.63) is 142 Å². The highest BCUT2D eigenvalue weighted by Crippen LogP contribution is 2.57. The minimum Gasteiger partial charge on any atom is -0.508 e. The summed E-state index contributed by atoms with van der Waals surface area (Å²) >= 11 is 0. The Labute approximate surface area is 566 Å². The second-order valence-corrected chi connectivity index (χ2v) is 23.1. The number of aromatic hydroxyl groups is 2. The zero-order chi connectivity index (χ0) is 70.4. The van der Waals surface area contributed by atoms with Crippen LogP contribution in [-0.2, 0) is 62.8 Å². The fourth-order valence-corrected chi connectivity index (χ4v) is 11.4. The van der Waals surface area contributed by atoms with Crippen LogP contribution in [-0.4, -0.2) is 189 Å². The Morgan fingerprint density at radius 3 is 1.88 bits per heavy atom. The third kappa shape index (κ3) is 18.8. The predicted octanol–water partition coefficient (Wildman–Crippen LogP) is 2.65. The summed E-state index contributed by atoms with van der Waals surface area (Å²) in [5.41, 5.74) is 2.32. The molecule has 31 heteroatoms. The summed E-state index contributed by atoms with van der Waals surface area (Å²) in [6.45, 7) is -0.492. The first-order chi connectivity index (χ1) is 47.8. The largest absolute Gasteiger partial charge is 0.508 e. The average molecular weight is 1370 g/mol. The number of phenolic OH excluding ortho intramolecular Hbond substituents is 2. The molecule has 5 aromatic carbocycles. The summed E-state index contributed by atoms with van der Waals surface area (Å²) in [5.74, 6) is -6.79. The Bertz CT molecular complexity index is 3810. The molecular weight excluding hydrogens is 1290 g/mol. The lowest BCUT2D eigenvalue weighted by Gasteiger charge is -2.36. The topological polar surface area (TPSA) is 430 Å². The van der Waals surface area contributed by atoms with Gasteiger partial charge in [-0.1, -0.05) is 25.0 Å². The predicted molar refractivity (Wildman–Crippen MR) is 344 cm³/mol. The molecule has 0 aliphatic carbocycles. The number of phenols is 2. The van der Waals surface area contributed by atoms with E-state index in [-0.39, 0.29) is 148 Å². The summed E-state index contributed by atoms with van der Waals surface area (Å²) < 4.78 is 39.8. The van der Waals surface area contributed by atoms with Crippen LogP contribution in [0.4, 0.5) is 5.69 Å². The molecule has 4 aliphatic heterocycles. The lowest BCUT2D eigenvalue weighted by Crippen LogP contribution is -2.54. The normalized spacial score (nSPS) is 14.9. The number of hydrogen-bond donors (Lipinski definition) is 11. The van der Waals surface area contributed by atoms with E-state index in [1.807, 2.05) is 0 Å². The summed E-state index contributed by atoms with van der Waals surface area (Å²) in [6.07, 6.45) is 3.89. The number of ether oxygens (including phenoxy) is 7. The van der Waals surface area contributed by atoms with Gasteiger partial charge >= 0.3 is 5.97 Å². The van der Waals surface area contributed by atoms with Crippen LogP contribution in [0, 0.1) is 0 Å². The smallest absolute Gasteiger partial charge is 0.340 e. The highest BCUT2D eigenvalue weighted by Gasteiger charge is 2.54. The molecule has 11 amide bonds. The number of hydroxylamine groups is 1. The van der Waals surface area contributed by atoms with Gasteiger partial charge in [-0.2, -0.15) is 0 Å². The number of fused-ring (bicyclic) bond motifs is 7. The van der Waals surface area contributed by atoms with Gasteiger partial charge in [-0.3, -0.25) is 68.2 Å². The van der Waals surface area contributed by atoms with Gasteiger partial charge in [0.05, 0.1) is 56.3 Å². The maximum Gasteiger partial charge on any atom is 0.340 e. The number of hydrogen-bond acceptors (Lipinski definition) is 22. The molecule has 1 spiro atoms. The van der Waals surface area contributed by atoms with Gasteiger partial charge in [-0.25, -0.2) is 10.3 Å². The number of carbonyl (C=O) groups excluding carboxylic acids is 12. The van der Waals surface area contributed by atoms with Crippen molar-refractivity contribution in [1.29, 1.82) is 0 Å². The van der Waals surface area contributed by atoms with E-state index in [0.717, 1.165) is 24.2 Å². The van der Waals surface area contributed by atoms with Crippen LogP contribution in [0.15, 0.2) is 97.1 Å². The van der Waals surface area contributed by atoms with E-state index in [2.05, 4.69) is 37.2 Å². The Kier molecular flexibility index (Phi) is 25.5. The molecule has 0 bridgehead atoms. The molecule has 0 aromatic heterocycles. The van der Waals surface area contributed by atoms with Crippen LogP contribution in [0.2, 0.25) is 0 Å². The lowest BCUT2D eigenvalue weighted by atomic mass is 9.77. The first-order valence-corrected chi connectivity index (χ1v) is 32.1. The van der Waals surface area contributed by atoms with Crippen LogP contribution in [0.25, 0.3) is 0 Å². The Morgan fingerprint density at radius 1 is 0.586 bits per heavy atom. The molecule has 4 heterocycles. The third-order valence-electron chi connectivity index (χ3n) is 16.2. The van der Waals surface area contributed by atoms with Gasteiger partial charge < -0.3 is 75.3 Å². The summed E-state index contributed by atoms with van der Waals surface area (Å²) in [7, 11) is 0. The van der Waals surface area contributed by atoms with Gasteiger partial charge in [-0.05, 0) is 111 Å². The van der Waals surface area contributed by atoms with Crippen molar-refractivity contribution >= 4 is 76.6 Å². The molecule has 0 radical (unpaired) electrons. The molecule has 99 heavy (non-hydrogen) atoms. The molecule has 2 unspecified atom stereocenters. The standard InChI is InChI=1S/C68H75N9O22/c78-43-17-20-48-53(35-43)98-54-36-44(79)18-21-49(54)68(48)47-19-14-41(34-46(47)67(91)99-68)62(86)71-25-6-4-9-50(63(87)72-27-29-94-31-32-95-37-58(83)73-42-15-12-40(13-16-42)61(85)70-24-5-2-1-3-11-56(81)76-92)74-59(84)38-96-33-30-93-28-26-69-57(82)39-97-52-10-7-8-45-60(52)66(90)77(65(45)89)51-22-23-55(80)75-64(51)88/h7-8,10,12-21,34-36,50-51,78-79,92H,1-6,9,11,22-33,37-39H2,(H,69,82)(H,70,85)(H,71,86)(H,72,87)(H,73,83)(H,74,84)(H,76,81)(H,75,80,88). The minimum absolute atomic E-state index is 0.0104. The third-order valence-corrected chi connectivity index (χ3v) is 16.2. The van der Waals surface area contributed by atoms with Crippen molar-refractivity contribution in [2.24, 2.45) is 0 Å². The minimum atomic E-state index is -1.52. The molecule has 1 fully saturated rings. The molecule has 31 nitrogen and oxygen atoms in total. The Balaban J connectivity index is 0.689. The molecule has 9 rings (SSSR count). The van der Waals surface area contributed by atoms with Crippen LogP contribution in [0.3, 0.4) is 0 Å². The average Bonchev–Trinajstić information content (AvgIpc) is 1.61. The number of rotatable bonds is 37. The fourth-order valence-electron chi connectivity index (χ4n) is 11.4. The summed E-state index contributed by atoms with van der Waals surface area (Å²) in [4.78, 5) is 154. The van der Waals surface area contributed by atoms with Crippen LogP contribution < -0.4 is 52.2 Å². The quantitative estimate of drug-likeness (QED) is 0.00895. The monoisotopic (exact) mass is 1370 g/mol. The molecule has 524 valence electrons. The van der Waals surface area contributed by atoms with Crippen molar-refractivity contribution in [3.8, 4) is 28.7 Å². The number of nitrogens with zero attached hydrogens (tertiary/aromatic N) is 1. The van der Waals surface area contributed by atoms with Gasteiger partial charge in [0.15, 0.2) is 12.2 Å². The molecule has 0 saturated carbocycles. The van der Waals surface area contributed by atoms with Crippen LogP contribution in [0.1, 0.15) is 133 Å². The number of nitrogens with one attached hydrogen (secondary N) is 8. The van der Waals surface area contributed by atoms with Crippen molar-refractivity contribution < 1.29 is 106 Å². The van der Waals surface area contributed by atoms with Crippen molar-refractivity contribution in [2.45, 2.75) is 81.9 Å². The van der Waals surface area contributed by atoms with Crippen LogP contribution >= 0.6 is 0 Å². The van der Waals surface area contributed by atoms with Gasteiger partial charge in [0, 0.05) is 84.7 Å². The molecule has 1 saturated heterocycles. The van der Waals surface area contributed by atoms with E-state index in [0.29, 0.717) is 53.7 Å². The second kappa shape index (κ2) is 34.9. The van der Waals surface area contributed by atoms with Crippen molar-refractivity contribution in [2.75, 3.05) is 91.0 Å². The van der Waals surface area contributed by atoms with E-state index in [1.54, 1.807) is 54.0 Å². The van der Waals surface area contributed by atoms with E-state index in [9.17, 15) is 67.7 Å². The SMILES string of the molecule is O=C(CCCCCCNC(=O)c1ccc(NC(=O)COCCOCCNC(=O)C(CCCCNC(=O)c2ccc3c(c2)C(=O)OC32c3ccc(O)cc3Oc3cc(O)ccc32)NC(=O)COCCOCCNC(=O)COc2cccc3c2C(=O)N(C2CCC(=O)NC2=O)C3=O)cc1)NO. The maximum atomic E-state index is 13.7. The zero-order valence-corrected chi connectivity index (χ0v) is 53.7. The molecule has 11 N–H and O–H groups in total. The first kappa shape index (κ1) is 72.4. The zero-order valence-electron chi connectivity index (χ0n) is 53.7.